The van der Waals surface area contributed by atoms with E-state index in [2.05, 4.69) is 42.5 Å². The van der Waals surface area contributed by atoms with E-state index in [1.54, 1.807) is 0 Å². The summed E-state index contributed by atoms with van der Waals surface area (Å²) in [5, 5.41) is 0.528. The molecule has 0 aromatic carbocycles. The van der Waals surface area contributed by atoms with Crippen molar-refractivity contribution in [1.82, 2.24) is 0 Å². The highest BCUT2D eigenvalue weighted by molar-refractivity contribution is 6.55. The Kier molecular flexibility index (Phi) is 2.18. The zero-order chi connectivity index (χ0) is 9.62. The predicted molar refractivity (Wildman–Crippen MR) is 61.0 cm³/mol. The van der Waals surface area contributed by atoms with E-state index < -0.39 is 0 Å². The highest BCUT2D eigenvalue weighted by Crippen LogP contribution is 2.61. The molecule has 12 heavy (non-hydrogen) atoms. The Hall–Kier alpha value is 0.130. The lowest BCUT2D eigenvalue weighted by atomic mass is 9.31. The smallest absolute Gasteiger partial charge is 0.0771 e. The first-order chi connectivity index (χ1) is 5.21. The second kappa shape index (κ2) is 2.56. The van der Waals surface area contributed by atoms with E-state index in [9.17, 15) is 0 Å². The van der Waals surface area contributed by atoms with Crippen LogP contribution in [0, 0.1) is 10.8 Å². The van der Waals surface area contributed by atoms with Crippen LogP contribution in [0.15, 0.2) is 0 Å². The fourth-order valence-electron chi connectivity index (χ4n) is 2.89. The maximum absolute atomic E-state index is 2.47. The summed E-state index contributed by atoms with van der Waals surface area (Å²) in [6.45, 7) is 12.0. The molecule has 0 aromatic rings. The van der Waals surface area contributed by atoms with Crippen LogP contribution >= 0.6 is 0 Å². The number of rotatable bonds is 0. The normalized spacial score (nSPS) is 34.8. The standard InChI is InChI=1S/C10H22B2/c1-8(2,3)10(11)9(4,5)6-7-12-10/h12H,6-7,11H2,1-5H3. The third-order valence-corrected chi connectivity index (χ3v) is 4.63. The third kappa shape index (κ3) is 1.24. The molecule has 1 atom stereocenters. The van der Waals surface area contributed by atoms with Gasteiger partial charge in [-0.2, -0.15) is 0 Å². The molecule has 1 aliphatic heterocycles. The van der Waals surface area contributed by atoms with Crippen molar-refractivity contribution in [1.29, 1.82) is 0 Å². The maximum Gasteiger partial charge on any atom is 0.120 e. The van der Waals surface area contributed by atoms with E-state index in [4.69, 9.17) is 0 Å². The molecule has 0 aliphatic carbocycles. The van der Waals surface area contributed by atoms with Gasteiger partial charge in [0.05, 0.1) is 0 Å². The summed E-state index contributed by atoms with van der Waals surface area (Å²) in [7, 11) is 3.88. The van der Waals surface area contributed by atoms with Gasteiger partial charge in [0.1, 0.15) is 15.1 Å². The fraction of sp³-hybridized carbons (Fsp3) is 1.00. The summed E-state index contributed by atoms with van der Waals surface area (Å²) in [5.41, 5.74) is 0.984. The van der Waals surface area contributed by atoms with E-state index >= 15 is 0 Å². The molecule has 0 amide bonds. The monoisotopic (exact) mass is 164 g/mol. The Bertz CT molecular complexity index is 179. The maximum atomic E-state index is 2.47. The Labute approximate surface area is 79.2 Å². The zero-order valence-electron chi connectivity index (χ0n) is 9.62. The van der Waals surface area contributed by atoms with Gasteiger partial charge in [0, 0.05) is 0 Å². The van der Waals surface area contributed by atoms with Gasteiger partial charge in [-0.15, -0.1) is 0 Å². The largest absolute Gasteiger partial charge is 0.120 e. The average Bonchev–Trinajstić information content (AvgIpc) is 2.07. The van der Waals surface area contributed by atoms with Crippen LogP contribution < -0.4 is 0 Å². The molecule has 0 saturated carbocycles. The Morgan fingerprint density at radius 3 is 1.92 bits per heavy atom. The average molecular weight is 164 g/mol. The summed E-state index contributed by atoms with van der Waals surface area (Å²) in [6.07, 6.45) is 2.82. The molecule has 0 N–H and O–H groups in total. The molecular weight excluding hydrogens is 142 g/mol. The molecular formula is C10H22B2. The minimum Gasteiger partial charge on any atom is -0.0771 e. The lowest BCUT2D eigenvalue weighted by Crippen LogP contribution is -2.41. The van der Waals surface area contributed by atoms with Crippen molar-refractivity contribution in [2.45, 2.75) is 52.6 Å². The fourth-order valence-corrected chi connectivity index (χ4v) is 2.89. The van der Waals surface area contributed by atoms with Gasteiger partial charge in [-0.3, -0.25) is 0 Å². The van der Waals surface area contributed by atoms with Crippen molar-refractivity contribution < 1.29 is 0 Å². The van der Waals surface area contributed by atoms with E-state index in [0.717, 1.165) is 0 Å². The topological polar surface area (TPSA) is 0 Å². The molecule has 1 unspecified atom stereocenters. The van der Waals surface area contributed by atoms with Crippen LogP contribution in [0.25, 0.3) is 0 Å². The van der Waals surface area contributed by atoms with E-state index in [1.165, 1.54) is 20.0 Å². The van der Waals surface area contributed by atoms with Crippen molar-refractivity contribution in [2.24, 2.45) is 10.8 Å². The van der Waals surface area contributed by atoms with Crippen LogP contribution in [0.2, 0.25) is 11.5 Å². The Balaban J connectivity index is 2.98. The summed E-state index contributed by atoms with van der Waals surface area (Å²) >= 11 is 0. The molecule has 1 fully saturated rings. The van der Waals surface area contributed by atoms with E-state index in [0.29, 0.717) is 16.0 Å². The lowest BCUT2D eigenvalue weighted by molar-refractivity contribution is 0.188. The lowest BCUT2D eigenvalue weighted by Gasteiger charge is -2.49. The molecule has 0 radical (unpaired) electrons. The summed E-state index contributed by atoms with van der Waals surface area (Å²) in [6, 6.07) is 0. The van der Waals surface area contributed by atoms with Gasteiger partial charge in [-0.1, -0.05) is 52.6 Å². The number of hydrogen-bond acceptors (Lipinski definition) is 0. The zero-order valence-corrected chi connectivity index (χ0v) is 9.62. The van der Waals surface area contributed by atoms with Crippen LogP contribution in [0.4, 0.5) is 0 Å². The van der Waals surface area contributed by atoms with Crippen LogP contribution in [0.5, 0.6) is 0 Å². The quantitative estimate of drug-likeness (QED) is 0.480. The SMILES string of the molecule is BC1(C(C)(C)C)BCCC1(C)C. The first-order valence-electron chi connectivity index (χ1n) is 5.21. The molecule has 0 bridgehead atoms. The molecule has 2 heteroatoms. The molecule has 1 aliphatic rings. The third-order valence-electron chi connectivity index (χ3n) is 4.63. The first kappa shape index (κ1) is 10.2. The minimum absolute atomic E-state index is 0.451. The van der Waals surface area contributed by atoms with Crippen molar-refractivity contribution in [3.8, 4) is 0 Å². The molecule has 1 heterocycles. The van der Waals surface area contributed by atoms with Gasteiger partial charge in [0.15, 0.2) is 0 Å². The first-order valence-corrected chi connectivity index (χ1v) is 5.21. The van der Waals surface area contributed by atoms with E-state index in [-0.39, 0.29) is 0 Å². The molecule has 1 rings (SSSR count). The van der Waals surface area contributed by atoms with Crippen LogP contribution in [-0.2, 0) is 0 Å². The number of hydrogen-bond donors (Lipinski definition) is 0. The van der Waals surface area contributed by atoms with Crippen molar-refractivity contribution >= 4 is 15.1 Å². The summed E-state index contributed by atoms with van der Waals surface area (Å²) < 4.78 is 0. The van der Waals surface area contributed by atoms with Crippen molar-refractivity contribution in [3.63, 3.8) is 0 Å². The molecule has 68 valence electrons. The van der Waals surface area contributed by atoms with Gasteiger partial charge in [0.2, 0.25) is 0 Å². The van der Waals surface area contributed by atoms with Gasteiger partial charge < -0.3 is 0 Å². The second-order valence-corrected chi connectivity index (χ2v) is 6.32. The van der Waals surface area contributed by atoms with Gasteiger partial charge in [0.25, 0.3) is 0 Å². The molecule has 0 spiro atoms. The van der Waals surface area contributed by atoms with E-state index in [1.807, 2.05) is 0 Å². The highest BCUT2D eigenvalue weighted by Gasteiger charge is 2.51. The van der Waals surface area contributed by atoms with Gasteiger partial charge in [-0.25, -0.2) is 0 Å². The predicted octanol–water partition coefficient (Wildman–Crippen LogP) is 2.07. The summed E-state index contributed by atoms with van der Waals surface area (Å²) in [4.78, 5) is 0. The van der Waals surface area contributed by atoms with Gasteiger partial charge >= 0.3 is 0 Å². The molecule has 0 nitrogen and oxygen atoms in total. The molecule has 0 aromatic heterocycles. The van der Waals surface area contributed by atoms with Crippen molar-refractivity contribution in [2.75, 3.05) is 0 Å². The van der Waals surface area contributed by atoms with Crippen molar-refractivity contribution in [3.05, 3.63) is 0 Å². The molecule has 1 saturated heterocycles. The Morgan fingerprint density at radius 2 is 1.75 bits per heavy atom. The summed E-state index contributed by atoms with van der Waals surface area (Å²) in [5.74, 6) is 0. The van der Waals surface area contributed by atoms with Gasteiger partial charge in [-0.05, 0) is 10.8 Å². The van der Waals surface area contributed by atoms with Crippen LogP contribution in [0.3, 0.4) is 0 Å². The van der Waals surface area contributed by atoms with Crippen LogP contribution in [0.1, 0.15) is 41.0 Å². The minimum atomic E-state index is 0.451. The Morgan fingerprint density at radius 1 is 1.25 bits per heavy atom. The van der Waals surface area contributed by atoms with Crippen LogP contribution in [-0.4, -0.2) is 15.1 Å². The second-order valence-electron chi connectivity index (χ2n) is 6.32. The highest BCUT2D eigenvalue weighted by atomic mass is 14.5.